The minimum absolute atomic E-state index is 0.0936. The van der Waals surface area contributed by atoms with Gasteiger partial charge in [0.2, 0.25) is 0 Å². The first-order valence-corrected chi connectivity index (χ1v) is 15.0. The van der Waals surface area contributed by atoms with Gasteiger partial charge in [-0.15, -0.1) is 0 Å². The fourth-order valence-corrected chi connectivity index (χ4v) is 7.31. The second-order valence-corrected chi connectivity index (χ2v) is 12.1. The van der Waals surface area contributed by atoms with Crippen molar-refractivity contribution in [3.05, 3.63) is 93.9 Å². The Bertz CT molecular complexity index is 1560. The maximum absolute atomic E-state index is 12.9. The van der Waals surface area contributed by atoms with Gasteiger partial charge in [0.05, 0.1) is 18.4 Å². The number of hydrogen-bond acceptors (Lipinski definition) is 6. The second kappa shape index (κ2) is 11.5. The van der Waals surface area contributed by atoms with Gasteiger partial charge >= 0.3 is 5.97 Å². The first-order chi connectivity index (χ1) is 19.9. The van der Waals surface area contributed by atoms with Crippen LogP contribution >= 0.6 is 24.0 Å². The van der Waals surface area contributed by atoms with Crippen LogP contribution in [0.5, 0.6) is 5.75 Å². The summed E-state index contributed by atoms with van der Waals surface area (Å²) in [6.07, 6.45) is 9.48. The number of carbonyl (C=O) groups excluding carboxylic acids is 1. The van der Waals surface area contributed by atoms with Crippen LogP contribution in [0.3, 0.4) is 0 Å². The molecule has 2 atom stereocenters. The van der Waals surface area contributed by atoms with Gasteiger partial charge in [0, 0.05) is 29.9 Å². The van der Waals surface area contributed by atoms with Gasteiger partial charge in [0.15, 0.2) is 0 Å². The molecule has 2 aliphatic heterocycles. The molecule has 6 nitrogen and oxygen atoms in total. The predicted molar refractivity (Wildman–Crippen MR) is 169 cm³/mol. The van der Waals surface area contributed by atoms with Crippen LogP contribution < -0.4 is 9.64 Å². The summed E-state index contributed by atoms with van der Waals surface area (Å²) < 4.78 is 5.65. The van der Waals surface area contributed by atoms with Crippen LogP contribution in [0.2, 0.25) is 0 Å². The van der Waals surface area contributed by atoms with Crippen LogP contribution in [0.15, 0.2) is 71.6 Å². The predicted octanol–water partition coefficient (Wildman–Crippen LogP) is 7.33. The van der Waals surface area contributed by atoms with Crippen molar-refractivity contribution in [1.29, 1.82) is 0 Å². The molecule has 0 bridgehead atoms. The zero-order chi connectivity index (χ0) is 28.5. The minimum atomic E-state index is -0.947. The Hall–Kier alpha value is -3.88. The lowest BCUT2D eigenvalue weighted by atomic mass is 9.96. The lowest BCUT2D eigenvalue weighted by Crippen LogP contribution is -2.30. The van der Waals surface area contributed by atoms with E-state index in [1.807, 2.05) is 30.3 Å². The number of anilines is 2. The zero-order valence-electron chi connectivity index (χ0n) is 22.7. The standard InChI is InChI=1S/C33H30N2O4S2/c1-39-25-14-9-22(10-15-25)6-5-21-7-12-24(13-8-21)35-28-4-2-3-26(28)27-19-23(11-16-29(27)35)20-30-32(38)34(33(40)41-30)18-17-31(36)37/h5-16,19-20,26,28H,2-4,17-18H2,1H3,(H,36,37)/b6-5?,30-20-. The van der Waals surface area contributed by atoms with Gasteiger partial charge < -0.3 is 14.7 Å². The Labute approximate surface area is 249 Å². The molecule has 0 radical (unpaired) electrons. The molecule has 1 amide bonds. The van der Waals surface area contributed by atoms with Crippen LogP contribution in [-0.2, 0) is 9.59 Å². The van der Waals surface area contributed by atoms with Gasteiger partial charge in [0.25, 0.3) is 5.91 Å². The van der Waals surface area contributed by atoms with Crippen LogP contribution in [0, 0.1) is 0 Å². The Morgan fingerprint density at radius 3 is 2.39 bits per heavy atom. The Morgan fingerprint density at radius 1 is 1.02 bits per heavy atom. The van der Waals surface area contributed by atoms with Gasteiger partial charge in [-0.25, -0.2) is 0 Å². The van der Waals surface area contributed by atoms with Crippen LogP contribution in [0.4, 0.5) is 11.4 Å². The van der Waals surface area contributed by atoms with Gasteiger partial charge in [-0.2, -0.15) is 0 Å². The van der Waals surface area contributed by atoms with E-state index in [9.17, 15) is 9.59 Å². The van der Waals surface area contributed by atoms with Crippen molar-refractivity contribution in [2.24, 2.45) is 0 Å². The average molecular weight is 583 g/mol. The topological polar surface area (TPSA) is 70.1 Å². The highest BCUT2D eigenvalue weighted by Crippen LogP contribution is 2.52. The molecule has 3 aromatic rings. The van der Waals surface area contributed by atoms with Gasteiger partial charge in [-0.05, 0) is 77.6 Å². The number of rotatable bonds is 8. The number of amides is 1. The molecule has 2 unspecified atom stereocenters. The quantitative estimate of drug-likeness (QED) is 0.169. The number of fused-ring (bicyclic) bond motifs is 3. The highest BCUT2D eigenvalue weighted by Gasteiger charge is 2.42. The third kappa shape index (κ3) is 5.54. The number of thiocarbonyl (C=S) groups is 1. The fourth-order valence-electron chi connectivity index (χ4n) is 6.01. The second-order valence-electron chi connectivity index (χ2n) is 10.5. The number of ether oxygens (including phenoxy) is 1. The van der Waals surface area contributed by atoms with Crippen LogP contribution in [-0.4, -0.2) is 45.9 Å². The van der Waals surface area contributed by atoms with E-state index in [2.05, 4.69) is 59.5 Å². The number of hydrogen-bond donors (Lipinski definition) is 1. The van der Waals surface area contributed by atoms with Crippen molar-refractivity contribution in [3.8, 4) is 5.75 Å². The molecular formula is C33H30N2O4S2. The summed E-state index contributed by atoms with van der Waals surface area (Å²) in [4.78, 5) is 28.3. The summed E-state index contributed by atoms with van der Waals surface area (Å²) in [6.45, 7) is 0.0936. The monoisotopic (exact) mass is 582 g/mol. The molecule has 208 valence electrons. The molecule has 1 N–H and O–H groups in total. The Morgan fingerprint density at radius 2 is 1.71 bits per heavy atom. The number of methoxy groups -OCH3 is 1. The molecule has 0 spiro atoms. The van der Waals surface area contributed by atoms with Crippen molar-refractivity contribution < 1.29 is 19.4 Å². The molecule has 3 aromatic carbocycles. The molecule has 1 saturated heterocycles. The number of carboxylic acid groups (broad SMARTS) is 1. The number of carbonyl (C=O) groups is 2. The Balaban J connectivity index is 1.22. The number of thioether (sulfide) groups is 1. The maximum atomic E-state index is 12.9. The molecular weight excluding hydrogens is 553 g/mol. The van der Waals surface area contributed by atoms with Gasteiger partial charge in [-0.1, -0.05) is 72.9 Å². The SMILES string of the molecule is COc1ccc(C=Cc2ccc(N3c4ccc(/C=C5\SC(=S)N(CCC(=O)O)C5=O)cc4C4CCCC43)cc2)cc1. The van der Waals surface area contributed by atoms with Gasteiger partial charge in [0.1, 0.15) is 10.1 Å². The minimum Gasteiger partial charge on any atom is -0.497 e. The molecule has 6 rings (SSSR count). The summed E-state index contributed by atoms with van der Waals surface area (Å²) in [5, 5.41) is 9.00. The third-order valence-electron chi connectivity index (χ3n) is 8.00. The van der Waals surface area contributed by atoms with E-state index in [0.29, 0.717) is 21.2 Å². The highest BCUT2D eigenvalue weighted by molar-refractivity contribution is 8.26. The normalized spacial score (nSPS) is 20.8. The first-order valence-electron chi connectivity index (χ1n) is 13.7. The lowest BCUT2D eigenvalue weighted by molar-refractivity contribution is -0.137. The number of carboxylic acids is 1. The van der Waals surface area contributed by atoms with Crippen molar-refractivity contribution >= 4 is 69.8 Å². The smallest absolute Gasteiger partial charge is 0.305 e. The molecule has 41 heavy (non-hydrogen) atoms. The van der Waals surface area contributed by atoms with E-state index in [1.165, 1.54) is 40.0 Å². The van der Waals surface area contributed by atoms with Crippen LogP contribution in [0.1, 0.15) is 53.9 Å². The highest BCUT2D eigenvalue weighted by atomic mass is 32.2. The summed E-state index contributed by atoms with van der Waals surface area (Å²) >= 11 is 6.59. The van der Waals surface area contributed by atoms with E-state index in [1.54, 1.807) is 7.11 Å². The number of benzene rings is 3. The van der Waals surface area contributed by atoms with E-state index in [0.717, 1.165) is 35.3 Å². The Kier molecular flexibility index (Phi) is 7.69. The molecule has 3 aliphatic rings. The van der Waals surface area contributed by atoms with E-state index in [4.69, 9.17) is 22.1 Å². The largest absolute Gasteiger partial charge is 0.497 e. The molecule has 1 aliphatic carbocycles. The van der Waals surface area contributed by atoms with Gasteiger partial charge in [-0.3, -0.25) is 14.5 Å². The zero-order valence-corrected chi connectivity index (χ0v) is 24.3. The summed E-state index contributed by atoms with van der Waals surface area (Å²) in [5.74, 6) is 0.138. The van der Waals surface area contributed by atoms with Crippen molar-refractivity contribution in [2.75, 3.05) is 18.6 Å². The summed E-state index contributed by atoms with van der Waals surface area (Å²) in [7, 11) is 1.67. The first kappa shape index (κ1) is 27.3. The van der Waals surface area contributed by atoms with Crippen LogP contribution in [0.25, 0.3) is 18.2 Å². The molecule has 2 heterocycles. The van der Waals surface area contributed by atoms with E-state index >= 15 is 0 Å². The lowest BCUT2D eigenvalue weighted by Gasteiger charge is -2.27. The fraction of sp³-hybridized carbons (Fsp3) is 0.242. The molecule has 8 heteroatoms. The number of aliphatic carboxylic acids is 1. The third-order valence-corrected chi connectivity index (χ3v) is 9.38. The number of nitrogens with zero attached hydrogens (tertiary/aromatic N) is 2. The average Bonchev–Trinajstić information content (AvgIpc) is 3.64. The van der Waals surface area contributed by atoms with Crippen molar-refractivity contribution in [3.63, 3.8) is 0 Å². The van der Waals surface area contributed by atoms with E-state index < -0.39 is 5.97 Å². The summed E-state index contributed by atoms with van der Waals surface area (Å²) in [5.41, 5.74) is 6.97. The van der Waals surface area contributed by atoms with E-state index in [-0.39, 0.29) is 18.9 Å². The maximum Gasteiger partial charge on any atom is 0.305 e. The molecule has 0 aromatic heterocycles. The van der Waals surface area contributed by atoms with Crippen molar-refractivity contribution in [1.82, 2.24) is 4.90 Å². The molecule has 2 fully saturated rings. The van der Waals surface area contributed by atoms with Crippen molar-refractivity contribution in [2.45, 2.75) is 37.6 Å². The summed E-state index contributed by atoms with van der Waals surface area (Å²) in [6, 6.07) is 23.6. The molecule has 1 saturated carbocycles.